The molecule has 3 N–H and O–H groups in total. The van der Waals surface area contributed by atoms with E-state index < -0.39 is 0 Å². The number of hydrogen-bond donors (Lipinski definition) is 3. The molecule has 4 bridgehead atoms. The molecule has 180 valence electrons. The van der Waals surface area contributed by atoms with Crippen molar-refractivity contribution in [1.82, 2.24) is 15.5 Å². The summed E-state index contributed by atoms with van der Waals surface area (Å²) in [5.74, 6) is 0.234. The summed E-state index contributed by atoms with van der Waals surface area (Å²) in [6.07, 6.45) is 5.26. The molecule has 4 rings (SSSR count). The molecule has 1 fully saturated rings. The van der Waals surface area contributed by atoms with E-state index >= 15 is 0 Å². The van der Waals surface area contributed by atoms with Crippen LogP contribution in [0.3, 0.4) is 0 Å². The van der Waals surface area contributed by atoms with E-state index in [0.717, 1.165) is 30.4 Å². The summed E-state index contributed by atoms with van der Waals surface area (Å²) in [5.41, 5.74) is 2.92. The molecule has 0 saturated heterocycles. The third kappa shape index (κ3) is 5.95. The maximum atomic E-state index is 12.8. The van der Waals surface area contributed by atoms with Crippen LogP contribution in [-0.4, -0.2) is 53.9 Å². The molecule has 0 spiro atoms. The molecule has 1 saturated carbocycles. The van der Waals surface area contributed by atoms with Crippen LogP contribution in [-0.2, 0) is 16.0 Å². The second-order valence-corrected chi connectivity index (χ2v) is 9.20. The lowest BCUT2D eigenvalue weighted by molar-refractivity contribution is -0.138. The Morgan fingerprint density at radius 1 is 0.882 bits per heavy atom. The van der Waals surface area contributed by atoms with Crippen LogP contribution in [0.2, 0.25) is 0 Å². The topological polar surface area (TPSA) is 98.7 Å². The smallest absolute Gasteiger partial charge is 0.251 e. The highest BCUT2D eigenvalue weighted by Gasteiger charge is 2.29. The van der Waals surface area contributed by atoms with Crippen molar-refractivity contribution >= 4 is 17.7 Å². The van der Waals surface area contributed by atoms with Crippen LogP contribution < -0.4 is 10.6 Å². The Balaban J connectivity index is 1.51. The van der Waals surface area contributed by atoms with Crippen LogP contribution in [0.5, 0.6) is 5.75 Å². The summed E-state index contributed by atoms with van der Waals surface area (Å²) >= 11 is 0. The lowest BCUT2D eigenvalue weighted by Gasteiger charge is -2.32. The summed E-state index contributed by atoms with van der Waals surface area (Å²) in [6.45, 7) is 2.08. The van der Waals surface area contributed by atoms with E-state index in [2.05, 4.69) is 10.6 Å². The van der Waals surface area contributed by atoms with Gasteiger partial charge >= 0.3 is 0 Å². The number of fused-ring (bicyclic) bond motifs is 5. The molecule has 2 aliphatic rings. The number of carbonyl (C=O) groups excluding carboxylic acids is 3. The number of nitrogens with one attached hydrogen (secondary N) is 2. The fourth-order valence-electron chi connectivity index (χ4n) is 4.48. The molecule has 3 amide bonds. The SMILES string of the molecule is O=C1CCCN(C(=O)C2CCC2)CCCNC(=O)c2cccc(c2)-c2cc(ccc2O)CCN1. The number of rotatable bonds is 1. The average molecular weight is 464 g/mol. The number of aromatic hydroxyl groups is 1. The predicted molar refractivity (Wildman–Crippen MR) is 130 cm³/mol. The quantitative estimate of drug-likeness (QED) is 0.605. The molecule has 7 heteroatoms. The van der Waals surface area contributed by atoms with Gasteiger partial charge in [0.1, 0.15) is 5.75 Å². The van der Waals surface area contributed by atoms with Gasteiger partial charge < -0.3 is 20.6 Å². The lowest BCUT2D eigenvalue weighted by Crippen LogP contribution is -2.41. The van der Waals surface area contributed by atoms with Crippen LogP contribution in [0.15, 0.2) is 42.5 Å². The number of hydrogen-bond acceptors (Lipinski definition) is 4. The summed E-state index contributed by atoms with van der Waals surface area (Å²) in [6, 6.07) is 12.6. The largest absolute Gasteiger partial charge is 0.507 e. The molecule has 0 atom stereocenters. The number of carbonyl (C=O) groups is 3. The normalized spacial score (nSPS) is 18.5. The molecule has 1 heterocycles. The number of amides is 3. The molecule has 34 heavy (non-hydrogen) atoms. The average Bonchev–Trinajstić information content (AvgIpc) is 2.80. The highest BCUT2D eigenvalue weighted by atomic mass is 16.3. The van der Waals surface area contributed by atoms with Gasteiger partial charge in [-0.25, -0.2) is 0 Å². The Labute approximate surface area is 200 Å². The Morgan fingerprint density at radius 2 is 1.68 bits per heavy atom. The molecule has 2 aromatic carbocycles. The summed E-state index contributed by atoms with van der Waals surface area (Å²) in [5, 5.41) is 16.3. The first-order valence-corrected chi connectivity index (χ1v) is 12.3. The molecule has 1 aliphatic carbocycles. The van der Waals surface area contributed by atoms with Crippen molar-refractivity contribution in [3.8, 4) is 16.9 Å². The van der Waals surface area contributed by atoms with Gasteiger partial charge in [-0.3, -0.25) is 14.4 Å². The van der Waals surface area contributed by atoms with Gasteiger partial charge in [0.2, 0.25) is 11.8 Å². The van der Waals surface area contributed by atoms with E-state index in [4.69, 9.17) is 0 Å². The van der Waals surface area contributed by atoms with E-state index in [1.165, 1.54) is 0 Å². The van der Waals surface area contributed by atoms with Crippen LogP contribution in [0, 0.1) is 5.92 Å². The third-order valence-electron chi connectivity index (χ3n) is 6.72. The number of nitrogens with zero attached hydrogens (tertiary/aromatic N) is 1. The molecule has 7 nitrogen and oxygen atoms in total. The Kier molecular flexibility index (Phi) is 7.83. The number of benzene rings is 2. The van der Waals surface area contributed by atoms with Gasteiger partial charge in [0.15, 0.2) is 0 Å². The van der Waals surface area contributed by atoms with E-state index in [-0.39, 0.29) is 29.4 Å². The first kappa shape index (κ1) is 23.8. The van der Waals surface area contributed by atoms with Crippen molar-refractivity contribution in [3.05, 3.63) is 53.6 Å². The minimum atomic E-state index is -0.179. The van der Waals surface area contributed by atoms with E-state index in [1.807, 2.05) is 23.1 Å². The zero-order valence-corrected chi connectivity index (χ0v) is 19.5. The van der Waals surface area contributed by atoms with Gasteiger partial charge in [-0.2, -0.15) is 0 Å². The standard InChI is InChI=1S/C27H33N3O4/c31-24-11-10-19-12-14-28-25(32)9-3-15-30(27(34)20-5-1-6-20)16-4-13-29-26(33)22-8-2-7-21(18-22)23(24)17-19/h2,7-8,10-11,17-18,20,31H,1,3-6,9,12-16H2,(H,28,32)(H,29,33). The van der Waals surface area contributed by atoms with Crippen molar-refractivity contribution in [2.75, 3.05) is 26.2 Å². The maximum Gasteiger partial charge on any atom is 0.251 e. The lowest BCUT2D eigenvalue weighted by atomic mass is 9.84. The third-order valence-corrected chi connectivity index (χ3v) is 6.72. The molecule has 0 unspecified atom stereocenters. The van der Waals surface area contributed by atoms with Crippen molar-refractivity contribution in [3.63, 3.8) is 0 Å². The zero-order chi connectivity index (χ0) is 23.9. The number of phenolic OH excluding ortho intramolecular Hbond substituents is 1. The summed E-state index contributed by atoms with van der Waals surface area (Å²) in [4.78, 5) is 39.8. The second kappa shape index (κ2) is 11.2. The van der Waals surface area contributed by atoms with E-state index in [9.17, 15) is 19.5 Å². The van der Waals surface area contributed by atoms with Gasteiger partial charge in [-0.05, 0) is 67.5 Å². The van der Waals surface area contributed by atoms with Gasteiger partial charge in [0.25, 0.3) is 5.91 Å². The summed E-state index contributed by atoms with van der Waals surface area (Å²) in [7, 11) is 0. The van der Waals surface area contributed by atoms with Crippen LogP contribution in [0.1, 0.15) is 54.4 Å². The molecule has 0 radical (unpaired) electrons. The second-order valence-electron chi connectivity index (χ2n) is 9.20. The minimum absolute atomic E-state index is 0.0204. The van der Waals surface area contributed by atoms with E-state index in [0.29, 0.717) is 63.0 Å². The fourth-order valence-corrected chi connectivity index (χ4v) is 4.48. The molecular weight excluding hydrogens is 430 g/mol. The Morgan fingerprint density at radius 3 is 2.47 bits per heavy atom. The fraction of sp³-hybridized carbons (Fsp3) is 0.444. The van der Waals surface area contributed by atoms with Crippen molar-refractivity contribution in [2.24, 2.45) is 5.92 Å². The van der Waals surface area contributed by atoms with Gasteiger partial charge in [0, 0.05) is 49.6 Å². The van der Waals surface area contributed by atoms with Crippen LogP contribution >= 0.6 is 0 Å². The maximum absolute atomic E-state index is 12.8. The van der Waals surface area contributed by atoms with Gasteiger partial charge in [0.05, 0.1) is 0 Å². The van der Waals surface area contributed by atoms with E-state index in [1.54, 1.807) is 24.3 Å². The van der Waals surface area contributed by atoms with Gasteiger partial charge in [-0.15, -0.1) is 0 Å². The van der Waals surface area contributed by atoms with Crippen molar-refractivity contribution in [1.29, 1.82) is 0 Å². The van der Waals surface area contributed by atoms with Crippen LogP contribution in [0.4, 0.5) is 0 Å². The highest BCUT2D eigenvalue weighted by Crippen LogP contribution is 2.31. The zero-order valence-electron chi connectivity index (χ0n) is 19.5. The highest BCUT2D eigenvalue weighted by molar-refractivity contribution is 5.95. The van der Waals surface area contributed by atoms with Crippen LogP contribution in [0.25, 0.3) is 11.1 Å². The van der Waals surface area contributed by atoms with Crippen molar-refractivity contribution < 1.29 is 19.5 Å². The molecule has 1 aliphatic heterocycles. The Hall–Kier alpha value is -3.35. The summed E-state index contributed by atoms with van der Waals surface area (Å²) < 4.78 is 0. The predicted octanol–water partition coefficient (Wildman–Crippen LogP) is 3.26. The molecular formula is C27H33N3O4. The molecule has 0 aromatic heterocycles. The van der Waals surface area contributed by atoms with Gasteiger partial charge in [-0.1, -0.05) is 24.6 Å². The first-order valence-electron chi connectivity index (χ1n) is 12.3. The monoisotopic (exact) mass is 463 g/mol. The molecule has 2 aromatic rings. The van der Waals surface area contributed by atoms with Crippen molar-refractivity contribution in [2.45, 2.75) is 44.9 Å². The minimum Gasteiger partial charge on any atom is -0.507 e. The Bertz CT molecular complexity index is 1050. The number of phenols is 1. The first-order chi connectivity index (χ1) is 16.5.